The van der Waals surface area contributed by atoms with E-state index in [9.17, 15) is 9.59 Å². The van der Waals surface area contributed by atoms with E-state index in [-0.39, 0.29) is 29.3 Å². The lowest BCUT2D eigenvalue weighted by Crippen LogP contribution is -2.51. The Morgan fingerprint density at radius 2 is 1.59 bits per heavy atom. The lowest BCUT2D eigenvalue weighted by molar-refractivity contribution is -0.137. The molecule has 2 bridgehead atoms. The summed E-state index contributed by atoms with van der Waals surface area (Å²) in [6.07, 6.45) is 2.14. The number of imide groups is 1. The number of thiol groups is 1. The predicted octanol–water partition coefficient (Wildman–Crippen LogP) is 4.28. The largest absolute Gasteiger partial charge is 0.295 e. The van der Waals surface area contributed by atoms with E-state index < -0.39 is 0 Å². The number of carbonyl (C=O) groups excluding carboxylic acids is 2. The van der Waals surface area contributed by atoms with Crippen LogP contribution in [-0.2, 0) is 22.7 Å². The zero-order valence-electron chi connectivity index (χ0n) is 21.9. The fraction of sp³-hybridized carbons (Fsp3) is 0.375. The van der Waals surface area contributed by atoms with Crippen LogP contribution < -0.4 is 5.32 Å². The van der Waals surface area contributed by atoms with E-state index in [4.69, 9.17) is 12.6 Å². The Bertz CT molecular complexity index is 1340. The van der Waals surface area contributed by atoms with Crippen LogP contribution in [0, 0.1) is 0 Å². The average Bonchev–Trinajstić information content (AvgIpc) is 3.64. The van der Waals surface area contributed by atoms with Crippen molar-refractivity contribution in [3.05, 3.63) is 107 Å². The van der Waals surface area contributed by atoms with Crippen molar-refractivity contribution in [3.8, 4) is 0 Å². The van der Waals surface area contributed by atoms with Gasteiger partial charge in [0.1, 0.15) is 0 Å². The zero-order valence-corrected chi connectivity index (χ0v) is 22.8. The molecule has 0 spiro atoms. The van der Waals surface area contributed by atoms with Gasteiger partial charge in [-0.2, -0.15) is 12.6 Å². The highest BCUT2D eigenvalue weighted by molar-refractivity contribution is 7.80. The second-order valence-corrected chi connectivity index (χ2v) is 11.9. The Kier molecular flexibility index (Phi) is 6.55. The van der Waals surface area contributed by atoms with Crippen molar-refractivity contribution in [1.82, 2.24) is 20.0 Å². The van der Waals surface area contributed by atoms with E-state index in [1.54, 1.807) is 0 Å². The Labute approximate surface area is 235 Å². The summed E-state index contributed by atoms with van der Waals surface area (Å²) in [4.78, 5) is 31.8. The first-order valence-electron chi connectivity index (χ1n) is 14.0. The van der Waals surface area contributed by atoms with E-state index in [1.807, 2.05) is 0 Å². The van der Waals surface area contributed by atoms with Gasteiger partial charge in [-0.15, -0.1) is 0 Å². The molecule has 4 heterocycles. The third-order valence-electron chi connectivity index (χ3n) is 9.18. The topological polar surface area (TPSA) is 55.9 Å². The monoisotopic (exact) mass is 538 g/mol. The van der Waals surface area contributed by atoms with Crippen molar-refractivity contribution in [2.75, 3.05) is 13.1 Å². The Balaban J connectivity index is 1.08. The highest BCUT2D eigenvalue weighted by atomic mass is 32.1. The van der Waals surface area contributed by atoms with Gasteiger partial charge in [-0.25, -0.2) is 0 Å². The molecule has 4 aliphatic heterocycles. The van der Waals surface area contributed by atoms with Crippen molar-refractivity contribution in [2.45, 2.75) is 61.9 Å². The molecule has 3 aromatic rings. The molecule has 3 aromatic carbocycles. The van der Waals surface area contributed by atoms with Crippen LogP contribution in [0.3, 0.4) is 0 Å². The summed E-state index contributed by atoms with van der Waals surface area (Å²) in [7, 11) is 0. The van der Waals surface area contributed by atoms with Gasteiger partial charge in [0.2, 0.25) is 11.8 Å². The van der Waals surface area contributed by atoms with E-state index >= 15 is 0 Å². The molecule has 4 atom stereocenters. The van der Waals surface area contributed by atoms with Gasteiger partial charge >= 0.3 is 0 Å². The van der Waals surface area contributed by atoms with Gasteiger partial charge in [-0.1, -0.05) is 78.9 Å². The number of nitrogens with one attached hydrogen (secondary N) is 1. The number of nitrogens with zero attached hydrogens (tertiary/aromatic N) is 3. The van der Waals surface area contributed by atoms with E-state index in [0.717, 1.165) is 19.6 Å². The maximum Gasteiger partial charge on any atom is 0.243 e. The maximum absolute atomic E-state index is 12.6. The number of hydrogen-bond donors (Lipinski definition) is 2. The van der Waals surface area contributed by atoms with E-state index in [1.165, 1.54) is 34.2 Å². The fourth-order valence-corrected chi connectivity index (χ4v) is 7.80. The molecular weight excluding hydrogens is 504 g/mol. The molecule has 3 saturated heterocycles. The molecule has 0 aromatic heterocycles. The summed E-state index contributed by atoms with van der Waals surface area (Å²) in [5.74, 6) is -0.368. The summed E-state index contributed by atoms with van der Waals surface area (Å²) in [5, 5.41) is 2.38. The normalized spacial score (nSPS) is 27.3. The van der Waals surface area contributed by atoms with Gasteiger partial charge in [0.15, 0.2) is 0 Å². The lowest BCUT2D eigenvalue weighted by Gasteiger charge is -2.39. The molecule has 0 saturated carbocycles. The van der Waals surface area contributed by atoms with Gasteiger partial charge in [-0.3, -0.25) is 29.6 Å². The predicted molar refractivity (Wildman–Crippen MR) is 154 cm³/mol. The minimum atomic E-state index is -0.310. The summed E-state index contributed by atoms with van der Waals surface area (Å²) >= 11 is 4.92. The van der Waals surface area contributed by atoms with Crippen molar-refractivity contribution in [2.24, 2.45) is 0 Å². The van der Waals surface area contributed by atoms with Crippen LogP contribution in [0.4, 0.5) is 0 Å². The van der Waals surface area contributed by atoms with Crippen LogP contribution in [0.2, 0.25) is 0 Å². The molecule has 7 rings (SSSR count). The van der Waals surface area contributed by atoms with Gasteiger partial charge < -0.3 is 0 Å². The first kappa shape index (κ1) is 25.0. The number of carbonyl (C=O) groups is 2. The molecule has 3 fully saturated rings. The van der Waals surface area contributed by atoms with Gasteiger partial charge in [-0.05, 0) is 40.7 Å². The van der Waals surface area contributed by atoms with Crippen LogP contribution in [0.1, 0.15) is 58.5 Å². The number of hydrogen-bond acceptors (Lipinski definition) is 6. The second-order valence-electron chi connectivity index (χ2n) is 11.4. The quantitative estimate of drug-likeness (QED) is 0.363. The molecule has 2 amide bonds. The minimum Gasteiger partial charge on any atom is -0.295 e. The SMILES string of the molecule is O=C1CCC(N2Cc3c(CN4C[C@H]5C[C@@H]4CN5C(c4ccccc4)c4ccccc4)cccc3C2S)C(=O)N1. The van der Waals surface area contributed by atoms with Crippen LogP contribution >= 0.6 is 12.6 Å². The molecule has 1 N–H and O–H groups in total. The third-order valence-corrected chi connectivity index (χ3v) is 9.76. The first-order chi connectivity index (χ1) is 19.1. The standard InChI is InChI=1S/C32H34N4O2S/c37-29-15-14-28(31(38)33-29)36-20-27-23(12-7-13-26(27)32(36)39)17-34-18-25-16-24(34)19-35(25)30(21-8-3-1-4-9-21)22-10-5-2-6-11-22/h1-13,24-25,28,30,32,39H,14-20H2,(H,33,37,38)/t24-,25-,28?,32?/m1/s1. The van der Waals surface area contributed by atoms with Crippen molar-refractivity contribution < 1.29 is 9.59 Å². The van der Waals surface area contributed by atoms with E-state index in [0.29, 0.717) is 31.5 Å². The smallest absolute Gasteiger partial charge is 0.243 e. The van der Waals surface area contributed by atoms with Crippen LogP contribution in [0.25, 0.3) is 0 Å². The lowest BCUT2D eigenvalue weighted by atomic mass is 9.96. The molecule has 0 radical (unpaired) electrons. The van der Waals surface area contributed by atoms with Crippen molar-refractivity contribution in [3.63, 3.8) is 0 Å². The van der Waals surface area contributed by atoms with Crippen LogP contribution in [0.15, 0.2) is 78.9 Å². The van der Waals surface area contributed by atoms with Crippen LogP contribution in [-0.4, -0.2) is 57.7 Å². The van der Waals surface area contributed by atoms with Crippen molar-refractivity contribution in [1.29, 1.82) is 0 Å². The summed E-state index contributed by atoms with van der Waals surface area (Å²) in [6, 6.07) is 29.4. The number of amides is 2. The average molecular weight is 539 g/mol. The Hall–Kier alpha value is -2.97. The molecule has 0 aliphatic carbocycles. The zero-order chi connectivity index (χ0) is 26.5. The highest BCUT2D eigenvalue weighted by Gasteiger charge is 2.47. The summed E-state index contributed by atoms with van der Waals surface area (Å²) in [5.41, 5.74) is 6.55. The number of piperazine rings is 1. The molecule has 6 nitrogen and oxygen atoms in total. The molecular formula is C32H34N4O2S. The van der Waals surface area contributed by atoms with Crippen molar-refractivity contribution >= 4 is 24.4 Å². The fourth-order valence-electron chi connectivity index (χ4n) is 7.32. The second kappa shape index (κ2) is 10.2. The van der Waals surface area contributed by atoms with Crippen LogP contribution in [0.5, 0.6) is 0 Å². The molecule has 4 aliphatic rings. The molecule has 2 unspecified atom stereocenters. The number of benzene rings is 3. The van der Waals surface area contributed by atoms with E-state index in [2.05, 4.69) is 98.9 Å². The molecule has 39 heavy (non-hydrogen) atoms. The molecule has 200 valence electrons. The van der Waals surface area contributed by atoms with Gasteiger partial charge in [0, 0.05) is 44.7 Å². The third kappa shape index (κ3) is 4.51. The maximum atomic E-state index is 12.6. The number of piperidine rings is 1. The van der Waals surface area contributed by atoms with Gasteiger partial charge in [0.05, 0.1) is 17.5 Å². The Morgan fingerprint density at radius 3 is 2.23 bits per heavy atom. The number of fused-ring (bicyclic) bond motifs is 3. The number of likely N-dealkylation sites (tertiary alicyclic amines) is 2. The summed E-state index contributed by atoms with van der Waals surface area (Å²) < 4.78 is 0. The number of rotatable bonds is 6. The molecule has 7 heteroatoms. The first-order valence-corrected chi connectivity index (χ1v) is 14.6. The minimum absolute atomic E-state index is 0.132. The summed E-state index contributed by atoms with van der Waals surface area (Å²) in [6.45, 7) is 3.74. The van der Waals surface area contributed by atoms with Gasteiger partial charge in [0.25, 0.3) is 0 Å². The Morgan fingerprint density at radius 1 is 0.872 bits per heavy atom. The highest BCUT2D eigenvalue weighted by Crippen LogP contribution is 2.43.